The van der Waals surface area contributed by atoms with Gasteiger partial charge < -0.3 is 15.3 Å². The van der Waals surface area contributed by atoms with Crippen LogP contribution in [0.2, 0.25) is 0 Å². The predicted octanol–water partition coefficient (Wildman–Crippen LogP) is 0.901. The van der Waals surface area contributed by atoms with E-state index in [1.54, 1.807) is 25.8 Å². The summed E-state index contributed by atoms with van der Waals surface area (Å²) in [5, 5.41) is 11.5. The number of carboxylic acid groups (broad SMARTS) is 1. The highest BCUT2D eigenvalue weighted by Gasteiger charge is 2.32. The topological polar surface area (TPSA) is 69.6 Å². The average Bonchev–Trinajstić information content (AvgIpc) is 2.96. The summed E-state index contributed by atoms with van der Waals surface area (Å²) in [6, 6.07) is 0.157. The first kappa shape index (κ1) is 11.8. The minimum absolute atomic E-state index is 0.151. The lowest BCUT2D eigenvalue weighted by Gasteiger charge is -2.23. The second kappa shape index (κ2) is 4.08. The molecule has 0 bridgehead atoms. The summed E-state index contributed by atoms with van der Waals surface area (Å²) >= 11 is 0. The standard InChI is InChI=1S/C10H18N2O3/c1-10(2,8(13)14)6-11-9(15)12(3)7-4-5-7/h7H,4-6H2,1-3H3,(H,11,15)(H,13,14). The van der Waals surface area contributed by atoms with Crippen LogP contribution in [0.1, 0.15) is 26.7 Å². The zero-order valence-electron chi connectivity index (χ0n) is 9.41. The number of carbonyl (C=O) groups is 2. The Hall–Kier alpha value is -1.26. The molecular weight excluding hydrogens is 196 g/mol. The van der Waals surface area contributed by atoms with Crippen LogP contribution >= 0.6 is 0 Å². The van der Waals surface area contributed by atoms with Crippen LogP contribution in [-0.2, 0) is 4.79 Å². The molecule has 1 rings (SSSR count). The van der Waals surface area contributed by atoms with Gasteiger partial charge >= 0.3 is 12.0 Å². The normalized spacial score (nSPS) is 15.9. The highest BCUT2D eigenvalue weighted by atomic mass is 16.4. The summed E-state index contributed by atoms with van der Waals surface area (Å²) in [6.07, 6.45) is 2.10. The molecule has 1 fully saturated rings. The molecule has 0 aliphatic heterocycles. The highest BCUT2D eigenvalue weighted by molar-refractivity contribution is 5.77. The molecule has 1 aliphatic rings. The van der Waals surface area contributed by atoms with Crippen LogP contribution in [-0.4, -0.2) is 41.6 Å². The van der Waals surface area contributed by atoms with Crippen molar-refractivity contribution in [2.45, 2.75) is 32.7 Å². The van der Waals surface area contributed by atoms with E-state index >= 15 is 0 Å². The van der Waals surface area contributed by atoms with Gasteiger partial charge in [-0.3, -0.25) is 4.79 Å². The van der Waals surface area contributed by atoms with E-state index in [-0.39, 0.29) is 12.6 Å². The molecule has 86 valence electrons. The zero-order valence-corrected chi connectivity index (χ0v) is 9.41. The molecule has 2 N–H and O–H groups in total. The molecule has 1 aliphatic carbocycles. The molecule has 1 saturated carbocycles. The predicted molar refractivity (Wildman–Crippen MR) is 55.6 cm³/mol. The first-order valence-corrected chi connectivity index (χ1v) is 5.08. The lowest BCUT2D eigenvalue weighted by atomic mass is 9.94. The van der Waals surface area contributed by atoms with Crippen LogP contribution in [0.5, 0.6) is 0 Å². The van der Waals surface area contributed by atoms with Crippen molar-refractivity contribution in [1.29, 1.82) is 0 Å². The van der Waals surface area contributed by atoms with Crippen LogP contribution < -0.4 is 5.32 Å². The van der Waals surface area contributed by atoms with Crippen LogP contribution in [0, 0.1) is 5.41 Å². The Kier molecular flexibility index (Phi) is 3.21. The van der Waals surface area contributed by atoms with Crippen molar-refractivity contribution in [3.05, 3.63) is 0 Å². The third-order valence-electron chi connectivity index (χ3n) is 2.68. The first-order chi connectivity index (χ1) is 6.84. The van der Waals surface area contributed by atoms with E-state index in [1.165, 1.54) is 0 Å². The number of aliphatic carboxylic acids is 1. The molecule has 0 atom stereocenters. The highest BCUT2D eigenvalue weighted by Crippen LogP contribution is 2.25. The summed E-state index contributed by atoms with van der Waals surface area (Å²) < 4.78 is 0. The lowest BCUT2D eigenvalue weighted by molar-refractivity contribution is -0.146. The van der Waals surface area contributed by atoms with E-state index in [0.29, 0.717) is 6.04 Å². The van der Waals surface area contributed by atoms with Gasteiger partial charge in [-0.1, -0.05) is 0 Å². The second-order valence-electron chi connectivity index (χ2n) is 4.69. The fourth-order valence-electron chi connectivity index (χ4n) is 1.12. The lowest BCUT2D eigenvalue weighted by Crippen LogP contribution is -2.44. The Balaban J connectivity index is 2.35. The van der Waals surface area contributed by atoms with Crippen molar-refractivity contribution < 1.29 is 14.7 Å². The Labute approximate surface area is 89.4 Å². The van der Waals surface area contributed by atoms with Crippen molar-refractivity contribution in [3.63, 3.8) is 0 Å². The molecular formula is C10H18N2O3. The monoisotopic (exact) mass is 214 g/mol. The van der Waals surface area contributed by atoms with Gasteiger partial charge in [0.15, 0.2) is 0 Å². The molecule has 5 nitrogen and oxygen atoms in total. The van der Waals surface area contributed by atoms with E-state index in [9.17, 15) is 9.59 Å². The van der Waals surface area contributed by atoms with Gasteiger partial charge in [-0.05, 0) is 26.7 Å². The first-order valence-electron chi connectivity index (χ1n) is 5.08. The maximum Gasteiger partial charge on any atom is 0.317 e. The fraction of sp³-hybridized carbons (Fsp3) is 0.800. The van der Waals surface area contributed by atoms with Crippen molar-refractivity contribution in [3.8, 4) is 0 Å². The molecule has 0 aromatic carbocycles. The van der Waals surface area contributed by atoms with Gasteiger partial charge in [0.2, 0.25) is 0 Å². The second-order valence-corrected chi connectivity index (χ2v) is 4.69. The third kappa shape index (κ3) is 3.11. The molecule has 2 amide bonds. The number of nitrogens with one attached hydrogen (secondary N) is 1. The van der Waals surface area contributed by atoms with Gasteiger partial charge in [-0.25, -0.2) is 4.79 Å². The van der Waals surface area contributed by atoms with Crippen molar-refractivity contribution in [2.24, 2.45) is 5.41 Å². The molecule has 0 radical (unpaired) electrons. The third-order valence-corrected chi connectivity index (χ3v) is 2.68. The van der Waals surface area contributed by atoms with Crippen LogP contribution in [0.25, 0.3) is 0 Å². The molecule has 0 heterocycles. The number of rotatable bonds is 4. The maximum absolute atomic E-state index is 11.5. The number of carbonyl (C=O) groups excluding carboxylic acids is 1. The number of amides is 2. The summed E-state index contributed by atoms with van der Waals surface area (Å²) in [5.41, 5.74) is -0.917. The van der Waals surface area contributed by atoms with Gasteiger partial charge in [0, 0.05) is 19.6 Å². The van der Waals surface area contributed by atoms with Gasteiger partial charge in [0.25, 0.3) is 0 Å². The average molecular weight is 214 g/mol. The van der Waals surface area contributed by atoms with Gasteiger partial charge in [-0.2, -0.15) is 0 Å². The van der Waals surface area contributed by atoms with Crippen molar-refractivity contribution >= 4 is 12.0 Å². The smallest absolute Gasteiger partial charge is 0.317 e. The molecule has 5 heteroatoms. The van der Waals surface area contributed by atoms with Gasteiger partial charge in [0.05, 0.1) is 5.41 Å². The molecule has 0 spiro atoms. The largest absolute Gasteiger partial charge is 0.481 e. The van der Waals surface area contributed by atoms with Crippen molar-refractivity contribution in [1.82, 2.24) is 10.2 Å². The fourth-order valence-corrected chi connectivity index (χ4v) is 1.12. The summed E-state index contributed by atoms with van der Waals surface area (Å²) in [5.74, 6) is -0.906. The van der Waals surface area contributed by atoms with Crippen molar-refractivity contribution in [2.75, 3.05) is 13.6 Å². The summed E-state index contributed by atoms with van der Waals surface area (Å²) in [4.78, 5) is 23.9. The SMILES string of the molecule is CN(C(=O)NCC(C)(C)C(=O)O)C1CC1. The van der Waals surface area contributed by atoms with Crippen LogP contribution in [0.4, 0.5) is 4.79 Å². The number of hydrogen-bond acceptors (Lipinski definition) is 2. The quantitative estimate of drug-likeness (QED) is 0.730. The maximum atomic E-state index is 11.5. The van der Waals surface area contributed by atoms with Crippen LogP contribution in [0.15, 0.2) is 0 Å². The summed E-state index contributed by atoms with van der Waals surface area (Å²) in [7, 11) is 1.74. The summed E-state index contributed by atoms with van der Waals surface area (Å²) in [6.45, 7) is 3.33. The molecule has 0 unspecified atom stereocenters. The number of nitrogens with zero attached hydrogens (tertiary/aromatic N) is 1. The van der Waals surface area contributed by atoms with E-state index in [0.717, 1.165) is 12.8 Å². The van der Waals surface area contributed by atoms with Crippen LogP contribution in [0.3, 0.4) is 0 Å². The van der Waals surface area contributed by atoms with E-state index < -0.39 is 11.4 Å². The Morgan fingerprint density at radius 2 is 2.00 bits per heavy atom. The zero-order chi connectivity index (χ0) is 11.6. The minimum Gasteiger partial charge on any atom is -0.481 e. The Morgan fingerprint density at radius 1 is 1.47 bits per heavy atom. The molecule has 0 aromatic heterocycles. The molecule has 0 saturated heterocycles. The number of carboxylic acids is 1. The van der Waals surface area contributed by atoms with E-state index in [1.807, 2.05) is 0 Å². The minimum atomic E-state index is -0.917. The van der Waals surface area contributed by atoms with Gasteiger partial charge in [0.1, 0.15) is 0 Å². The Bertz CT molecular complexity index is 272. The Morgan fingerprint density at radius 3 is 2.40 bits per heavy atom. The molecule has 15 heavy (non-hydrogen) atoms. The molecule has 0 aromatic rings. The van der Waals surface area contributed by atoms with E-state index in [4.69, 9.17) is 5.11 Å². The number of urea groups is 1. The van der Waals surface area contributed by atoms with E-state index in [2.05, 4.69) is 5.32 Å². The van der Waals surface area contributed by atoms with Gasteiger partial charge in [-0.15, -0.1) is 0 Å². The number of hydrogen-bond donors (Lipinski definition) is 2.